The SMILES string of the molecule is O=C(NCc1ccccc1Cl)c1n[nH]c(C2CC2)n1. The molecular weight excluding hydrogens is 264 g/mol. The van der Waals surface area contributed by atoms with Gasteiger partial charge in [-0.1, -0.05) is 29.8 Å². The second-order valence-corrected chi connectivity index (χ2v) is 5.00. The van der Waals surface area contributed by atoms with Crippen molar-refractivity contribution in [2.45, 2.75) is 25.3 Å². The highest BCUT2D eigenvalue weighted by atomic mass is 35.5. The van der Waals surface area contributed by atoms with Crippen LogP contribution in [0.25, 0.3) is 0 Å². The molecule has 1 aromatic heterocycles. The van der Waals surface area contributed by atoms with Crippen molar-refractivity contribution in [3.8, 4) is 0 Å². The van der Waals surface area contributed by atoms with Gasteiger partial charge in [-0.2, -0.15) is 0 Å². The highest BCUT2D eigenvalue weighted by molar-refractivity contribution is 6.31. The Labute approximate surface area is 115 Å². The summed E-state index contributed by atoms with van der Waals surface area (Å²) in [4.78, 5) is 16.1. The van der Waals surface area contributed by atoms with E-state index < -0.39 is 0 Å². The fourth-order valence-electron chi connectivity index (χ4n) is 1.81. The van der Waals surface area contributed by atoms with Gasteiger partial charge in [0.25, 0.3) is 5.91 Å². The third-order valence-electron chi connectivity index (χ3n) is 3.07. The maximum absolute atomic E-state index is 11.9. The minimum atomic E-state index is -0.289. The number of nitrogens with zero attached hydrogens (tertiary/aromatic N) is 2. The zero-order valence-electron chi connectivity index (χ0n) is 10.2. The molecule has 6 heteroatoms. The summed E-state index contributed by atoms with van der Waals surface area (Å²) in [6, 6.07) is 7.40. The monoisotopic (exact) mass is 276 g/mol. The Morgan fingerprint density at radius 3 is 2.95 bits per heavy atom. The van der Waals surface area contributed by atoms with Crippen LogP contribution in [0.5, 0.6) is 0 Å². The molecule has 0 atom stereocenters. The second-order valence-electron chi connectivity index (χ2n) is 4.59. The van der Waals surface area contributed by atoms with Crippen molar-refractivity contribution < 1.29 is 4.79 Å². The predicted octanol–water partition coefficient (Wildman–Crippen LogP) is 2.27. The van der Waals surface area contributed by atoms with E-state index in [1.165, 1.54) is 0 Å². The lowest BCUT2D eigenvalue weighted by atomic mass is 10.2. The van der Waals surface area contributed by atoms with Crippen LogP contribution in [0, 0.1) is 0 Å². The van der Waals surface area contributed by atoms with Crippen LogP contribution in [-0.4, -0.2) is 21.1 Å². The molecule has 0 bridgehead atoms. The summed E-state index contributed by atoms with van der Waals surface area (Å²) < 4.78 is 0. The third-order valence-corrected chi connectivity index (χ3v) is 3.44. The Balaban J connectivity index is 1.63. The summed E-state index contributed by atoms with van der Waals surface area (Å²) in [7, 11) is 0. The van der Waals surface area contributed by atoms with Gasteiger partial charge in [0.05, 0.1) is 0 Å². The van der Waals surface area contributed by atoms with Crippen molar-refractivity contribution in [2.24, 2.45) is 0 Å². The van der Waals surface area contributed by atoms with E-state index in [9.17, 15) is 4.79 Å². The number of aromatic amines is 1. The lowest BCUT2D eigenvalue weighted by Crippen LogP contribution is -2.24. The van der Waals surface area contributed by atoms with Gasteiger partial charge in [0.15, 0.2) is 0 Å². The topological polar surface area (TPSA) is 70.7 Å². The Hall–Kier alpha value is -1.88. The average molecular weight is 277 g/mol. The molecule has 5 nitrogen and oxygen atoms in total. The highest BCUT2D eigenvalue weighted by Gasteiger charge is 2.28. The summed E-state index contributed by atoms with van der Waals surface area (Å²) in [6.45, 7) is 0.367. The van der Waals surface area contributed by atoms with Crippen LogP contribution in [0.1, 0.15) is 40.8 Å². The molecule has 1 fully saturated rings. The molecule has 2 aromatic rings. The normalized spacial score (nSPS) is 14.4. The van der Waals surface area contributed by atoms with Gasteiger partial charge in [-0.25, -0.2) is 4.98 Å². The summed E-state index contributed by atoms with van der Waals surface area (Å²) in [5.74, 6) is 1.16. The summed E-state index contributed by atoms with van der Waals surface area (Å²) in [6.07, 6.45) is 2.24. The fourth-order valence-corrected chi connectivity index (χ4v) is 2.01. The number of carbonyl (C=O) groups excluding carboxylic acids is 1. The minimum Gasteiger partial charge on any atom is -0.345 e. The van der Waals surface area contributed by atoms with Crippen LogP contribution in [0.3, 0.4) is 0 Å². The molecule has 3 rings (SSSR count). The summed E-state index contributed by atoms with van der Waals surface area (Å²) in [5.41, 5.74) is 0.871. The standard InChI is InChI=1S/C13H13ClN4O/c14-10-4-2-1-3-9(10)7-15-13(19)12-16-11(17-18-12)8-5-6-8/h1-4,8H,5-7H2,(H,15,19)(H,16,17,18). The third kappa shape index (κ3) is 2.76. The van der Waals surface area contributed by atoms with E-state index in [1.807, 2.05) is 18.2 Å². The number of H-pyrrole nitrogens is 1. The lowest BCUT2D eigenvalue weighted by molar-refractivity contribution is 0.0941. The van der Waals surface area contributed by atoms with E-state index in [0.29, 0.717) is 17.5 Å². The predicted molar refractivity (Wildman–Crippen MR) is 71.0 cm³/mol. The largest absolute Gasteiger partial charge is 0.345 e. The maximum Gasteiger partial charge on any atom is 0.291 e. The van der Waals surface area contributed by atoms with Crippen LogP contribution < -0.4 is 5.32 Å². The second kappa shape index (κ2) is 5.01. The van der Waals surface area contributed by atoms with Gasteiger partial charge in [0.1, 0.15) is 5.82 Å². The first kappa shape index (κ1) is 12.2. The van der Waals surface area contributed by atoms with E-state index in [1.54, 1.807) is 6.07 Å². The molecule has 1 saturated carbocycles. The zero-order valence-corrected chi connectivity index (χ0v) is 10.9. The van der Waals surface area contributed by atoms with Gasteiger partial charge in [0, 0.05) is 17.5 Å². The van der Waals surface area contributed by atoms with Crippen molar-refractivity contribution >= 4 is 17.5 Å². The quantitative estimate of drug-likeness (QED) is 0.900. The van der Waals surface area contributed by atoms with E-state index in [4.69, 9.17) is 11.6 Å². The molecule has 0 aliphatic heterocycles. The van der Waals surface area contributed by atoms with E-state index in [2.05, 4.69) is 20.5 Å². The van der Waals surface area contributed by atoms with Crippen LogP contribution in [0.4, 0.5) is 0 Å². The number of aromatic nitrogens is 3. The van der Waals surface area contributed by atoms with Gasteiger partial charge in [-0.15, -0.1) is 5.10 Å². The van der Waals surface area contributed by atoms with E-state index >= 15 is 0 Å². The number of carbonyl (C=O) groups is 1. The van der Waals surface area contributed by atoms with E-state index in [-0.39, 0.29) is 11.7 Å². The van der Waals surface area contributed by atoms with Crippen LogP contribution >= 0.6 is 11.6 Å². The molecule has 1 aromatic carbocycles. The smallest absolute Gasteiger partial charge is 0.291 e. The van der Waals surface area contributed by atoms with E-state index in [0.717, 1.165) is 24.2 Å². The molecular formula is C13H13ClN4O. The average Bonchev–Trinajstić information content (AvgIpc) is 3.15. The van der Waals surface area contributed by atoms with Gasteiger partial charge < -0.3 is 5.32 Å². The first-order valence-electron chi connectivity index (χ1n) is 6.18. The molecule has 98 valence electrons. The first-order chi connectivity index (χ1) is 9.24. The molecule has 1 amide bonds. The molecule has 0 saturated heterocycles. The van der Waals surface area contributed by atoms with Gasteiger partial charge >= 0.3 is 0 Å². The Morgan fingerprint density at radius 1 is 1.42 bits per heavy atom. The Kier molecular flexibility index (Phi) is 3.21. The lowest BCUT2D eigenvalue weighted by Gasteiger charge is -2.04. The molecule has 0 radical (unpaired) electrons. The number of hydrogen-bond donors (Lipinski definition) is 2. The molecule has 0 spiro atoms. The zero-order chi connectivity index (χ0) is 13.2. The molecule has 1 aliphatic rings. The van der Waals surface area contributed by atoms with Crippen molar-refractivity contribution in [3.05, 3.63) is 46.5 Å². The summed E-state index contributed by atoms with van der Waals surface area (Å²) in [5, 5.41) is 10.1. The van der Waals surface area contributed by atoms with Gasteiger partial charge in [-0.05, 0) is 24.5 Å². The molecule has 1 aliphatic carbocycles. The molecule has 19 heavy (non-hydrogen) atoms. The number of halogens is 1. The Bertz CT molecular complexity index is 606. The highest BCUT2D eigenvalue weighted by Crippen LogP contribution is 2.37. The minimum absolute atomic E-state index is 0.189. The molecule has 1 heterocycles. The fraction of sp³-hybridized carbons (Fsp3) is 0.308. The number of amides is 1. The maximum atomic E-state index is 11.9. The Morgan fingerprint density at radius 2 is 2.21 bits per heavy atom. The van der Waals surface area contributed by atoms with Crippen LogP contribution in [0.2, 0.25) is 5.02 Å². The number of rotatable bonds is 4. The van der Waals surface area contributed by atoms with Crippen molar-refractivity contribution in [3.63, 3.8) is 0 Å². The number of nitrogens with one attached hydrogen (secondary N) is 2. The first-order valence-corrected chi connectivity index (χ1v) is 6.56. The summed E-state index contributed by atoms with van der Waals surface area (Å²) >= 11 is 6.02. The molecule has 2 N–H and O–H groups in total. The van der Waals surface area contributed by atoms with Gasteiger partial charge in [0.2, 0.25) is 5.82 Å². The molecule has 0 unspecified atom stereocenters. The van der Waals surface area contributed by atoms with Crippen molar-refractivity contribution in [2.75, 3.05) is 0 Å². The number of benzene rings is 1. The van der Waals surface area contributed by atoms with Crippen LogP contribution in [-0.2, 0) is 6.54 Å². The van der Waals surface area contributed by atoms with Crippen LogP contribution in [0.15, 0.2) is 24.3 Å². The van der Waals surface area contributed by atoms with Crippen molar-refractivity contribution in [1.29, 1.82) is 0 Å². The van der Waals surface area contributed by atoms with Gasteiger partial charge in [-0.3, -0.25) is 9.89 Å². The number of hydrogen-bond acceptors (Lipinski definition) is 3. The van der Waals surface area contributed by atoms with Crippen molar-refractivity contribution in [1.82, 2.24) is 20.5 Å².